The Bertz CT molecular complexity index is 431. The first-order valence-corrected chi connectivity index (χ1v) is 7.03. The number of halogens is 4. The van der Waals surface area contributed by atoms with E-state index in [9.17, 15) is 8.78 Å². The Morgan fingerprint density at radius 2 is 2.00 bits per heavy atom. The molecule has 1 aromatic carbocycles. The van der Waals surface area contributed by atoms with Crippen molar-refractivity contribution in [2.45, 2.75) is 12.0 Å². The summed E-state index contributed by atoms with van der Waals surface area (Å²) in [6.07, 6.45) is 0. The number of piperazine rings is 1. The number of rotatable bonds is 4. The van der Waals surface area contributed by atoms with Crippen LogP contribution >= 0.6 is 28.3 Å². The molecule has 0 bridgehead atoms. The highest BCUT2D eigenvalue weighted by atomic mass is 79.9. The Morgan fingerprint density at radius 1 is 1.35 bits per heavy atom. The molecule has 114 valence electrons. The Kier molecular flexibility index (Phi) is 6.81. The van der Waals surface area contributed by atoms with Gasteiger partial charge in [-0.15, -0.1) is 12.4 Å². The molecular formula is C13H18BrClF2N2O. The van der Waals surface area contributed by atoms with E-state index in [0.29, 0.717) is 31.7 Å². The van der Waals surface area contributed by atoms with Gasteiger partial charge in [-0.1, -0.05) is 28.1 Å². The molecule has 1 aliphatic heterocycles. The van der Waals surface area contributed by atoms with Crippen LogP contribution in [0.2, 0.25) is 0 Å². The summed E-state index contributed by atoms with van der Waals surface area (Å²) in [5, 5.41) is 12.2. The number of benzene rings is 1. The van der Waals surface area contributed by atoms with E-state index in [1.807, 2.05) is 0 Å². The molecular weight excluding hydrogens is 354 g/mol. The van der Waals surface area contributed by atoms with Gasteiger partial charge < -0.3 is 10.4 Å². The van der Waals surface area contributed by atoms with Gasteiger partial charge in [-0.25, -0.2) is 8.78 Å². The number of hydrogen-bond acceptors (Lipinski definition) is 3. The molecule has 0 unspecified atom stereocenters. The van der Waals surface area contributed by atoms with E-state index in [1.54, 1.807) is 29.2 Å². The van der Waals surface area contributed by atoms with E-state index in [4.69, 9.17) is 5.11 Å². The van der Waals surface area contributed by atoms with Crippen LogP contribution in [0.25, 0.3) is 0 Å². The smallest absolute Gasteiger partial charge is 0.289 e. The van der Waals surface area contributed by atoms with Crippen LogP contribution in [0.15, 0.2) is 28.7 Å². The summed E-state index contributed by atoms with van der Waals surface area (Å²) in [6, 6.07) is 5.83. The zero-order valence-electron chi connectivity index (χ0n) is 10.9. The SMILES string of the molecule is Cl.OCC(F)(F)[C@@H](c1cccc(Br)c1)N1CCNCC1. The quantitative estimate of drug-likeness (QED) is 0.853. The first-order chi connectivity index (χ1) is 9.04. The average Bonchev–Trinajstić information content (AvgIpc) is 2.40. The summed E-state index contributed by atoms with van der Waals surface area (Å²) in [5.41, 5.74) is 0.523. The van der Waals surface area contributed by atoms with Gasteiger partial charge in [-0.3, -0.25) is 4.90 Å². The van der Waals surface area contributed by atoms with Crippen molar-refractivity contribution < 1.29 is 13.9 Å². The third-order valence-electron chi connectivity index (χ3n) is 3.29. The van der Waals surface area contributed by atoms with Crippen LogP contribution in [0.1, 0.15) is 11.6 Å². The largest absolute Gasteiger partial charge is 0.390 e. The van der Waals surface area contributed by atoms with Crippen molar-refractivity contribution in [1.82, 2.24) is 10.2 Å². The lowest BCUT2D eigenvalue weighted by molar-refractivity contribution is -0.118. The van der Waals surface area contributed by atoms with Crippen LogP contribution in [-0.4, -0.2) is 48.7 Å². The second-order valence-electron chi connectivity index (χ2n) is 4.66. The Balaban J connectivity index is 0.00000200. The van der Waals surface area contributed by atoms with Crippen molar-refractivity contribution in [3.8, 4) is 0 Å². The molecule has 2 rings (SSSR count). The molecule has 0 aromatic heterocycles. The summed E-state index contributed by atoms with van der Waals surface area (Å²) >= 11 is 3.30. The lowest BCUT2D eigenvalue weighted by atomic mass is 9.98. The van der Waals surface area contributed by atoms with Gasteiger partial charge in [0.2, 0.25) is 0 Å². The van der Waals surface area contributed by atoms with E-state index >= 15 is 0 Å². The molecule has 20 heavy (non-hydrogen) atoms. The summed E-state index contributed by atoms with van der Waals surface area (Å²) in [6.45, 7) is 1.33. The van der Waals surface area contributed by atoms with E-state index in [0.717, 1.165) is 4.47 Å². The molecule has 0 aliphatic carbocycles. The highest BCUT2D eigenvalue weighted by molar-refractivity contribution is 9.10. The van der Waals surface area contributed by atoms with Gasteiger partial charge >= 0.3 is 0 Å². The summed E-state index contributed by atoms with van der Waals surface area (Å²) in [4.78, 5) is 1.73. The molecule has 1 atom stereocenters. The minimum atomic E-state index is -3.15. The van der Waals surface area contributed by atoms with Crippen LogP contribution in [0.4, 0.5) is 8.78 Å². The van der Waals surface area contributed by atoms with Gasteiger partial charge in [0.1, 0.15) is 12.6 Å². The van der Waals surface area contributed by atoms with Gasteiger partial charge in [0, 0.05) is 30.7 Å². The van der Waals surface area contributed by atoms with Crippen LogP contribution in [-0.2, 0) is 0 Å². The number of nitrogens with one attached hydrogen (secondary N) is 1. The molecule has 0 radical (unpaired) electrons. The zero-order valence-corrected chi connectivity index (χ0v) is 13.3. The van der Waals surface area contributed by atoms with E-state index < -0.39 is 18.6 Å². The highest BCUT2D eigenvalue weighted by Crippen LogP contribution is 2.37. The van der Waals surface area contributed by atoms with Crippen molar-refractivity contribution in [3.05, 3.63) is 34.3 Å². The maximum absolute atomic E-state index is 14.1. The molecule has 1 saturated heterocycles. The van der Waals surface area contributed by atoms with Gasteiger partial charge in [0.05, 0.1) is 0 Å². The van der Waals surface area contributed by atoms with Gasteiger partial charge in [-0.2, -0.15) is 0 Å². The number of nitrogens with zero attached hydrogens (tertiary/aromatic N) is 1. The van der Waals surface area contributed by atoms with Gasteiger partial charge in [-0.05, 0) is 17.7 Å². The van der Waals surface area contributed by atoms with Crippen LogP contribution in [0.5, 0.6) is 0 Å². The zero-order chi connectivity index (χ0) is 13.9. The first-order valence-electron chi connectivity index (χ1n) is 6.23. The fourth-order valence-corrected chi connectivity index (χ4v) is 2.84. The number of hydrogen-bond donors (Lipinski definition) is 2. The maximum Gasteiger partial charge on any atom is 0.289 e. The van der Waals surface area contributed by atoms with E-state index in [2.05, 4.69) is 21.2 Å². The first kappa shape index (κ1) is 17.8. The topological polar surface area (TPSA) is 35.5 Å². The van der Waals surface area contributed by atoms with Crippen molar-refractivity contribution >= 4 is 28.3 Å². The van der Waals surface area contributed by atoms with Crippen LogP contribution < -0.4 is 5.32 Å². The predicted octanol–water partition coefficient (Wildman–Crippen LogP) is 2.44. The maximum atomic E-state index is 14.1. The van der Waals surface area contributed by atoms with Crippen molar-refractivity contribution in [3.63, 3.8) is 0 Å². The summed E-state index contributed by atoms with van der Waals surface area (Å²) in [7, 11) is 0. The minimum Gasteiger partial charge on any atom is -0.390 e. The lowest BCUT2D eigenvalue weighted by Gasteiger charge is -2.38. The number of alkyl halides is 2. The Morgan fingerprint density at radius 3 is 2.55 bits per heavy atom. The second-order valence-corrected chi connectivity index (χ2v) is 5.58. The van der Waals surface area contributed by atoms with E-state index in [1.165, 1.54) is 0 Å². The number of aliphatic hydroxyl groups excluding tert-OH is 1. The van der Waals surface area contributed by atoms with E-state index in [-0.39, 0.29) is 12.4 Å². The van der Waals surface area contributed by atoms with Gasteiger partial charge in [0.15, 0.2) is 0 Å². The molecule has 1 aromatic rings. The third-order valence-corrected chi connectivity index (χ3v) is 3.79. The van der Waals surface area contributed by atoms with Crippen molar-refractivity contribution in [2.24, 2.45) is 0 Å². The molecule has 0 spiro atoms. The van der Waals surface area contributed by atoms with Gasteiger partial charge in [0.25, 0.3) is 5.92 Å². The molecule has 0 saturated carbocycles. The van der Waals surface area contributed by atoms with Crippen LogP contribution in [0.3, 0.4) is 0 Å². The minimum absolute atomic E-state index is 0. The molecule has 3 nitrogen and oxygen atoms in total. The molecule has 1 heterocycles. The Hall–Kier alpha value is -0.270. The second kappa shape index (κ2) is 7.66. The molecule has 2 N–H and O–H groups in total. The Labute approximate surface area is 131 Å². The third kappa shape index (κ3) is 4.11. The fourth-order valence-electron chi connectivity index (χ4n) is 2.43. The van der Waals surface area contributed by atoms with Crippen molar-refractivity contribution in [2.75, 3.05) is 32.8 Å². The highest BCUT2D eigenvalue weighted by Gasteiger charge is 2.43. The van der Waals surface area contributed by atoms with Crippen LogP contribution in [0, 0.1) is 0 Å². The normalized spacial score (nSPS) is 18.4. The summed E-state index contributed by atoms with van der Waals surface area (Å²) in [5.74, 6) is -3.15. The molecule has 1 aliphatic rings. The standard InChI is InChI=1S/C13H17BrF2N2O.ClH/c14-11-3-1-2-10(8-11)12(13(15,16)9-19)18-6-4-17-5-7-18;/h1-3,8,12,17,19H,4-7,9H2;1H/t12-;/m1./s1. The van der Waals surface area contributed by atoms with Crippen molar-refractivity contribution in [1.29, 1.82) is 0 Å². The lowest BCUT2D eigenvalue weighted by Crippen LogP contribution is -2.51. The monoisotopic (exact) mass is 370 g/mol. The molecule has 7 heteroatoms. The fraction of sp³-hybridized carbons (Fsp3) is 0.538. The number of aliphatic hydroxyl groups is 1. The molecule has 0 amide bonds. The predicted molar refractivity (Wildman–Crippen MR) is 80.6 cm³/mol. The molecule has 1 fully saturated rings. The summed E-state index contributed by atoms with van der Waals surface area (Å²) < 4.78 is 28.9. The average molecular weight is 372 g/mol.